The van der Waals surface area contributed by atoms with Gasteiger partial charge in [-0.3, -0.25) is 9.48 Å². The zero-order valence-corrected chi connectivity index (χ0v) is 18.1. The average molecular weight is 399 g/mol. The van der Waals surface area contributed by atoms with Crippen LogP contribution in [0.4, 0.5) is 5.69 Å². The second-order valence-electron chi connectivity index (χ2n) is 7.62. The summed E-state index contributed by atoms with van der Waals surface area (Å²) in [4.78, 5) is 12.8. The van der Waals surface area contributed by atoms with E-state index in [4.69, 9.17) is 0 Å². The number of anilines is 1. The van der Waals surface area contributed by atoms with Crippen molar-refractivity contribution in [3.8, 4) is 6.07 Å². The molecule has 0 spiro atoms. The molecule has 152 valence electrons. The van der Waals surface area contributed by atoms with Crippen LogP contribution in [0.15, 0.2) is 48.0 Å². The Morgan fingerprint density at radius 1 is 1.07 bits per heavy atom. The maximum Gasteiger partial charge on any atom is 0.266 e. The van der Waals surface area contributed by atoms with Crippen molar-refractivity contribution in [2.24, 2.45) is 0 Å². The Balaban J connectivity index is 1.88. The van der Waals surface area contributed by atoms with E-state index in [1.165, 1.54) is 5.56 Å². The second-order valence-corrected chi connectivity index (χ2v) is 7.62. The van der Waals surface area contributed by atoms with Crippen molar-refractivity contribution >= 4 is 17.7 Å². The van der Waals surface area contributed by atoms with Crippen LogP contribution in [0.1, 0.15) is 39.2 Å². The Hall–Kier alpha value is -3.65. The molecule has 0 saturated carbocycles. The molecule has 1 heterocycles. The number of aryl methyl sites for hydroxylation is 4. The molecule has 3 rings (SSSR count). The minimum absolute atomic E-state index is 0.0544. The van der Waals surface area contributed by atoms with Crippen molar-refractivity contribution in [3.63, 3.8) is 0 Å². The summed E-state index contributed by atoms with van der Waals surface area (Å²) in [7, 11) is 0. The van der Waals surface area contributed by atoms with Gasteiger partial charge in [-0.1, -0.05) is 48.0 Å². The first-order valence-corrected chi connectivity index (χ1v) is 9.89. The molecular weight excluding hydrogens is 372 g/mol. The zero-order chi connectivity index (χ0) is 21.8. The van der Waals surface area contributed by atoms with Crippen LogP contribution in [-0.2, 0) is 11.3 Å². The van der Waals surface area contributed by atoms with E-state index in [2.05, 4.69) is 41.6 Å². The average Bonchev–Trinajstić information content (AvgIpc) is 2.97. The number of hydrogen-bond acceptors (Lipinski definition) is 3. The van der Waals surface area contributed by atoms with Gasteiger partial charge in [-0.2, -0.15) is 10.4 Å². The van der Waals surface area contributed by atoms with E-state index >= 15 is 0 Å². The summed E-state index contributed by atoms with van der Waals surface area (Å²) in [5.74, 6) is -0.417. The molecule has 1 amide bonds. The molecule has 0 bridgehead atoms. The molecule has 30 heavy (non-hydrogen) atoms. The number of aromatic nitrogens is 2. The van der Waals surface area contributed by atoms with Gasteiger partial charge in [-0.25, -0.2) is 0 Å². The van der Waals surface area contributed by atoms with Gasteiger partial charge in [0.25, 0.3) is 5.91 Å². The second kappa shape index (κ2) is 8.79. The van der Waals surface area contributed by atoms with Crippen LogP contribution in [0.3, 0.4) is 0 Å². The lowest BCUT2D eigenvalue weighted by Gasteiger charge is -2.11. The maximum absolute atomic E-state index is 12.8. The Labute approximate surface area is 177 Å². The molecule has 5 nitrogen and oxygen atoms in total. The molecule has 0 radical (unpaired) electrons. The molecule has 0 atom stereocenters. The minimum atomic E-state index is -0.417. The van der Waals surface area contributed by atoms with Gasteiger partial charge in [-0.05, 0) is 57.4 Å². The van der Waals surface area contributed by atoms with Gasteiger partial charge in [0.1, 0.15) is 11.6 Å². The number of amides is 1. The highest BCUT2D eigenvalue weighted by molar-refractivity contribution is 6.10. The van der Waals surface area contributed by atoms with Crippen molar-refractivity contribution < 1.29 is 4.79 Å². The first kappa shape index (κ1) is 21.1. The van der Waals surface area contributed by atoms with Crippen molar-refractivity contribution in [2.75, 3.05) is 5.32 Å². The first-order valence-electron chi connectivity index (χ1n) is 9.89. The van der Waals surface area contributed by atoms with Gasteiger partial charge in [0.05, 0.1) is 12.2 Å². The Bertz CT molecular complexity index is 1140. The number of benzene rings is 2. The predicted octanol–water partition coefficient (Wildman–Crippen LogP) is 5.02. The summed E-state index contributed by atoms with van der Waals surface area (Å²) in [6, 6.07) is 16.2. The van der Waals surface area contributed by atoms with Gasteiger partial charge in [0, 0.05) is 16.9 Å². The fraction of sp³-hybridized carbons (Fsp3) is 0.240. The Kier molecular flexibility index (Phi) is 6.17. The first-order chi connectivity index (χ1) is 14.3. The van der Waals surface area contributed by atoms with Gasteiger partial charge >= 0.3 is 0 Å². The topological polar surface area (TPSA) is 70.7 Å². The molecule has 0 aliphatic carbocycles. The third-order valence-electron chi connectivity index (χ3n) is 5.26. The molecular formula is C25H26N4O. The van der Waals surface area contributed by atoms with Crippen LogP contribution < -0.4 is 5.32 Å². The molecule has 1 aromatic heterocycles. The molecule has 2 aromatic carbocycles. The molecule has 0 fully saturated rings. The Morgan fingerprint density at radius 2 is 1.70 bits per heavy atom. The molecule has 3 aromatic rings. The van der Waals surface area contributed by atoms with E-state index in [1.54, 1.807) is 6.08 Å². The highest BCUT2D eigenvalue weighted by Gasteiger charge is 2.16. The van der Waals surface area contributed by atoms with Gasteiger partial charge < -0.3 is 5.32 Å². The van der Waals surface area contributed by atoms with E-state index in [-0.39, 0.29) is 5.57 Å². The summed E-state index contributed by atoms with van der Waals surface area (Å²) in [5.41, 5.74) is 7.58. The van der Waals surface area contributed by atoms with Crippen LogP contribution >= 0.6 is 0 Å². The molecule has 0 saturated heterocycles. The number of carbonyl (C=O) groups is 1. The van der Waals surface area contributed by atoms with E-state index in [0.29, 0.717) is 6.54 Å². The summed E-state index contributed by atoms with van der Waals surface area (Å²) >= 11 is 0. The van der Waals surface area contributed by atoms with Gasteiger partial charge in [0.15, 0.2) is 0 Å². The fourth-order valence-electron chi connectivity index (χ4n) is 3.43. The predicted molar refractivity (Wildman–Crippen MR) is 120 cm³/mol. The lowest BCUT2D eigenvalue weighted by molar-refractivity contribution is -0.112. The quantitative estimate of drug-likeness (QED) is 0.485. The standard InChI is InChI=1S/C25H26N4O/c1-16-9-11-21(12-10-16)15-29-20(5)23(19(4)28-29)13-22(14-26)25(30)27-24-17(2)7-6-8-18(24)3/h6-13H,15H2,1-5H3,(H,27,30)/b22-13+. The molecule has 0 unspecified atom stereocenters. The summed E-state index contributed by atoms with van der Waals surface area (Å²) in [6.45, 7) is 10.4. The number of nitrogens with one attached hydrogen (secondary N) is 1. The zero-order valence-electron chi connectivity index (χ0n) is 18.1. The third kappa shape index (κ3) is 4.49. The van der Waals surface area contributed by atoms with Crippen molar-refractivity contribution in [2.45, 2.75) is 41.2 Å². The monoisotopic (exact) mass is 398 g/mol. The number of carbonyl (C=O) groups excluding carboxylic acids is 1. The summed E-state index contributed by atoms with van der Waals surface area (Å²) in [5, 5.41) is 17.1. The highest BCUT2D eigenvalue weighted by atomic mass is 16.1. The largest absolute Gasteiger partial charge is 0.321 e. The molecule has 0 aliphatic rings. The smallest absolute Gasteiger partial charge is 0.266 e. The van der Waals surface area contributed by atoms with E-state index in [0.717, 1.165) is 39.3 Å². The number of hydrogen-bond donors (Lipinski definition) is 1. The van der Waals surface area contributed by atoms with Crippen LogP contribution in [0, 0.1) is 45.9 Å². The number of nitriles is 1. The van der Waals surface area contributed by atoms with E-state index in [1.807, 2.05) is 56.6 Å². The van der Waals surface area contributed by atoms with Crippen molar-refractivity contribution in [1.29, 1.82) is 5.26 Å². The van der Waals surface area contributed by atoms with E-state index < -0.39 is 5.91 Å². The SMILES string of the molecule is Cc1ccc(Cn2nc(C)c(/C=C(\C#N)C(=O)Nc3c(C)cccc3C)c2C)cc1. The number of nitrogens with zero attached hydrogens (tertiary/aromatic N) is 3. The fourth-order valence-corrected chi connectivity index (χ4v) is 3.43. The molecule has 1 N–H and O–H groups in total. The normalized spacial score (nSPS) is 11.3. The van der Waals surface area contributed by atoms with Crippen molar-refractivity contribution in [3.05, 3.63) is 87.2 Å². The van der Waals surface area contributed by atoms with Crippen LogP contribution in [0.2, 0.25) is 0 Å². The summed E-state index contributed by atoms with van der Waals surface area (Å²) in [6.07, 6.45) is 1.63. The van der Waals surface area contributed by atoms with Gasteiger partial charge in [-0.15, -0.1) is 0 Å². The lowest BCUT2D eigenvalue weighted by atomic mass is 10.1. The van der Waals surface area contributed by atoms with Crippen LogP contribution in [0.25, 0.3) is 6.08 Å². The minimum Gasteiger partial charge on any atom is -0.321 e. The highest BCUT2D eigenvalue weighted by Crippen LogP contribution is 2.22. The van der Waals surface area contributed by atoms with E-state index in [9.17, 15) is 10.1 Å². The lowest BCUT2D eigenvalue weighted by Crippen LogP contribution is -2.15. The number of para-hydroxylation sites is 1. The Morgan fingerprint density at radius 3 is 2.30 bits per heavy atom. The summed E-state index contributed by atoms with van der Waals surface area (Å²) < 4.78 is 1.91. The van der Waals surface area contributed by atoms with Crippen LogP contribution in [-0.4, -0.2) is 15.7 Å². The van der Waals surface area contributed by atoms with Gasteiger partial charge in [0.2, 0.25) is 0 Å². The van der Waals surface area contributed by atoms with Crippen LogP contribution in [0.5, 0.6) is 0 Å². The third-order valence-corrected chi connectivity index (χ3v) is 5.26. The molecule has 0 aliphatic heterocycles. The maximum atomic E-state index is 12.8. The van der Waals surface area contributed by atoms with Crippen molar-refractivity contribution in [1.82, 2.24) is 9.78 Å². The number of rotatable bonds is 5. The molecule has 5 heteroatoms.